The van der Waals surface area contributed by atoms with Crippen molar-refractivity contribution in [2.75, 3.05) is 26.3 Å². The van der Waals surface area contributed by atoms with Crippen LogP contribution in [0.15, 0.2) is 36.5 Å². The highest BCUT2D eigenvalue weighted by atomic mass is 16.6. The number of likely N-dealkylation sites (tertiary alicyclic amines) is 1. The second-order valence-corrected chi connectivity index (χ2v) is 6.82. The van der Waals surface area contributed by atoms with E-state index in [1.165, 1.54) is 17.9 Å². The van der Waals surface area contributed by atoms with E-state index in [1.54, 1.807) is 0 Å². The van der Waals surface area contributed by atoms with Gasteiger partial charge in [0.15, 0.2) is 0 Å². The smallest absolute Gasteiger partial charge is 0.217 e. The van der Waals surface area contributed by atoms with Gasteiger partial charge in [-0.1, -0.05) is 18.2 Å². The number of ether oxygens (including phenoxy) is 2. The first-order chi connectivity index (χ1) is 12.2. The zero-order chi connectivity index (χ0) is 17.2. The number of amides is 1. The molecule has 1 aromatic carbocycles. The molecule has 25 heavy (non-hydrogen) atoms. The van der Waals surface area contributed by atoms with Gasteiger partial charge in [-0.3, -0.25) is 14.7 Å². The Labute approximate surface area is 147 Å². The maximum atomic E-state index is 11.2. The quantitative estimate of drug-likeness (QED) is 0.913. The SMILES string of the molecule is CC(=O)NC1CO[C@H]2CN(Cc3ccnc4ccccc34)C[C@@H]2OC1. The van der Waals surface area contributed by atoms with Crippen LogP contribution in [-0.4, -0.2) is 60.3 Å². The number of nitrogens with zero attached hydrogens (tertiary/aromatic N) is 2. The fourth-order valence-corrected chi connectivity index (χ4v) is 3.70. The van der Waals surface area contributed by atoms with Gasteiger partial charge in [0.25, 0.3) is 0 Å². The average Bonchev–Trinajstić information content (AvgIpc) is 2.90. The Morgan fingerprint density at radius 1 is 1.20 bits per heavy atom. The first-order valence-electron chi connectivity index (χ1n) is 8.74. The number of hydrogen-bond donors (Lipinski definition) is 1. The molecule has 1 amide bonds. The fraction of sp³-hybridized carbons (Fsp3) is 0.474. The topological polar surface area (TPSA) is 63.7 Å². The summed E-state index contributed by atoms with van der Waals surface area (Å²) in [7, 11) is 0. The minimum atomic E-state index is -0.0549. The highest BCUT2D eigenvalue weighted by Crippen LogP contribution is 2.24. The predicted octanol–water partition coefficient (Wildman–Crippen LogP) is 1.34. The zero-order valence-corrected chi connectivity index (χ0v) is 14.4. The Morgan fingerprint density at radius 2 is 1.92 bits per heavy atom. The molecule has 2 atom stereocenters. The van der Waals surface area contributed by atoms with Crippen molar-refractivity contribution in [2.24, 2.45) is 0 Å². The summed E-state index contributed by atoms with van der Waals surface area (Å²) in [6, 6.07) is 10.3. The molecule has 132 valence electrons. The molecule has 4 rings (SSSR count). The van der Waals surface area contributed by atoms with Crippen LogP contribution in [0.1, 0.15) is 12.5 Å². The van der Waals surface area contributed by atoms with Crippen LogP contribution in [-0.2, 0) is 20.8 Å². The second kappa shape index (κ2) is 7.07. The van der Waals surface area contributed by atoms with Crippen LogP contribution in [0.25, 0.3) is 10.9 Å². The lowest BCUT2D eigenvalue weighted by atomic mass is 10.1. The molecule has 2 saturated heterocycles. The third-order valence-corrected chi connectivity index (χ3v) is 4.85. The molecular formula is C19H23N3O3. The zero-order valence-electron chi connectivity index (χ0n) is 14.4. The molecule has 2 aromatic rings. The van der Waals surface area contributed by atoms with E-state index >= 15 is 0 Å². The number of carbonyl (C=O) groups is 1. The number of pyridine rings is 1. The summed E-state index contributed by atoms with van der Waals surface area (Å²) < 4.78 is 12.0. The van der Waals surface area contributed by atoms with Gasteiger partial charge in [0.1, 0.15) is 0 Å². The minimum Gasteiger partial charge on any atom is -0.372 e. The van der Waals surface area contributed by atoms with E-state index in [0.717, 1.165) is 25.2 Å². The summed E-state index contributed by atoms with van der Waals surface area (Å²) in [5, 5.41) is 4.07. The van der Waals surface area contributed by atoms with E-state index in [1.807, 2.05) is 18.3 Å². The van der Waals surface area contributed by atoms with Gasteiger partial charge in [-0.15, -0.1) is 0 Å². The Bertz CT molecular complexity index is 745. The van der Waals surface area contributed by atoms with Crippen LogP contribution in [0.5, 0.6) is 0 Å². The van der Waals surface area contributed by atoms with Crippen LogP contribution in [0.4, 0.5) is 0 Å². The molecule has 1 aromatic heterocycles. The van der Waals surface area contributed by atoms with Crippen LogP contribution in [0.2, 0.25) is 0 Å². The number of para-hydroxylation sites is 1. The first kappa shape index (κ1) is 16.4. The summed E-state index contributed by atoms with van der Waals surface area (Å²) in [4.78, 5) is 18.0. The van der Waals surface area contributed by atoms with E-state index < -0.39 is 0 Å². The van der Waals surface area contributed by atoms with Crippen molar-refractivity contribution in [2.45, 2.75) is 31.7 Å². The maximum Gasteiger partial charge on any atom is 0.217 e. The Hall–Kier alpha value is -2.02. The number of aromatic nitrogens is 1. The fourth-order valence-electron chi connectivity index (χ4n) is 3.70. The second-order valence-electron chi connectivity index (χ2n) is 6.82. The number of benzene rings is 1. The largest absolute Gasteiger partial charge is 0.372 e. The van der Waals surface area contributed by atoms with Crippen molar-refractivity contribution in [3.63, 3.8) is 0 Å². The van der Waals surface area contributed by atoms with E-state index in [9.17, 15) is 4.79 Å². The van der Waals surface area contributed by atoms with E-state index in [0.29, 0.717) is 13.2 Å². The van der Waals surface area contributed by atoms with Gasteiger partial charge in [-0.25, -0.2) is 0 Å². The van der Waals surface area contributed by atoms with Gasteiger partial charge < -0.3 is 14.8 Å². The molecule has 2 fully saturated rings. The molecule has 0 saturated carbocycles. The van der Waals surface area contributed by atoms with E-state index in [4.69, 9.17) is 9.47 Å². The highest BCUT2D eigenvalue weighted by molar-refractivity contribution is 5.81. The van der Waals surface area contributed by atoms with Crippen LogP contribution < -0.4 is 5.32 Å². The summed E-state index contributed by atoms with van der Waals surface area (Å²) in [6.07, 6.45) is 2.00. The number of hydrogen-bond acceptors (Lipinski definition) is 5. The molecule has 6 nitrogen and oxygen atoms in total. The summed E-state index contributed by atoms with van der Waals surface area (Å²) >= 11 is 0. The van der Waals surface area contributed by atoms with Gasteiger partial charge in [-0.2, -0.15) is 0 Å². The number of rotatable bonds is 3. The molecule has 2 aliphatic heterocycles. The standard InChI is InChI=1S/C19H23N3O3/c1-13(23)21-15-11-24-18-9-22(10-19(18)25-12-15)8-14-6-7-20-17-5-3-2-4-16(14)17/h2-7,15,18-19H,8-12H2,1H3,(H,21,23)/t18-,19-/m0/s1. The van der Waals surface area contributed by atoms with Crippen molar-refractivity contribution in [3.8, 4) is 0 Å². The van der Waals surface area contributed by atoms with Crippen molar-refractivity contribution in [1.29, 1.82) is 0 Å². The predicted molar refractivity (Wildman–Crippen MR) is 94.1 cm³/mol. The lowest BCUT2D eigenvalue weighted by Crippen LogP contribution is -2.40. The average molecular weight is 341 g/mol. The maximum absolute atomic E-state index is 11.2. The summed E-state index contributed by atoms with van der Waals surface area (Å²) in [5.74, 6) is -0.0459. The summed E-state index contributed by atoms with van der Waals surface area (Å²) in [6.45, 7) is 5.08. The van der Waals surface area contributed by atoms with Gasteiger partial charge in [0.2, 0.25) is 5.91 Å². The molecular weight excluding hydrogens is 318 g/mol. The third kappa shape index (κ3) is 3.66. The number of fused-ring (bicyclic) bond motifs is 2. The van der Waals surface area contributed by atoms with Crippen molar-refractivity contribution >= 4 is 16.8 Å². The lowest BCUT2D eigenvalue weighted by Gasteiger charge is -2.19. The monoisotopic (exact) mass is 341 g/mol. The number of nitrogens with one attached hydrogen (secondary N) is 1. The first-order valence-corrected chi connectivity index (χ1v) is 8.74. The van der Waals surface area contributed by atoms with Crippen molar-refractivity contribution < 1.29 is 14.3 Å². The molecule has 1 N–H and O–H groups in total. The normalized spacial score (nSPS) is 24.8. The molecule has 0 spiro atoms. The Morgan fingerprint density at radius 3 is 2.64 bits per heavy atom. The highest BCUT2D eigenvalue weighted by Gasteiger charge is 2.37. The minimum absolute atomic E-state index is 0.0459. The Balaban J connectivity index is 1.41. The Kier molecular flexibility index (Phi) is 4.65. The van der Waals surface area contributed by atoms with Gasteiger partial charge in [0.05, 0.1) is 37.0 Å². The molecule has 0 aliphatic carbocycles. The number of carbonyl (C=O) groups excluding carboxylic acids is 1. The third-order valence-electron chi connectivity index (χ3n) is 4.85. The van der Waals surface area contributed by atoms with Crippen LogP contribution in [0, 0.1) is 0 Å². The molecule has 6 heteroatoms. The summed E-state index contributed by atoms with van der Waals surface area (Å²) in [5.41, 5.74) is 2.30. The van der Waals surface area contributed by atoms with Gasteiger partial charge >= 0.3 is 0 Å². The molecule has 0 unspecified atom stereocenters. The van der Waals surface area contributed by atoms with Gasteiger partial charge in [-0.05, 0) is 17.7 Å². The van der Waals surface area contributed by atoms with E-state index in [2.05, 4.69) is 33.4 Å². The van der Waals surface area contributed by atoms with Crippen LogP contribution in [0.3, 0.4) is 0 Å². The lowest BCUT2D eigenvalue weighted by molar-refractivity contribution is -0.120. The van der Waals surface area contributed by atoms with Crippen molar-refractivity contribution in [1.82, 2.24) is 15.2 Å². The molecule has 2 aliphatic rings. The molecule has 0 radical (unpaired) electrons. The van der Waals surface area contributed by atoms with Gasteiger partial charge in [0, 0.05) is 38.1 Å². The van der Waals surface area contributed by atoms with E-state index in [-0.39, 0.29) is 24.2 Å². The molecule has 3 heterocycles. The van der Waals surface area contributed by atoms with Crippen molar-refractivity contribution in [3.05, 3.63) is 42.1 Å². The molecule has 0 bridgehead atoms. The van der Waals surface area contributed by atoms with Crippen LogP contribution >= 0.6 is 0 Å².